The van der Waals surface area contributed by atoms with E-state index in [1.807, 2.05) is 31.2 Å². The molecule has 0 amide bonds. The van der Waals surface area contributed by atoms with E-state index in [0.717, 1.165) is 20.3 Å². The van der Waals surface area contributed by atoms with Gasteiger partial charge in [-0.2, -0.15) is 0 Å². The summed E-state index contributed by atoms with van der Waals surface area (Å²) in [5, 5.41) is 9.88. The van der Waals surface area contributed by atoms with Crippen molar-refractivity contribution in [2.75, 3.05) is 0 Å². The fourth-order valence-electron chi connectivity index (χ4n) is 2.03. The molecule has 0 aliphatic carbocycles. The van der Waals surface area contributed by atoms with Crippen LogP contribution in [0, 0.1) is 6.92 Å². The normalized spacial score (nSPS) is 11.2. The van der Waals surface area contributed by atoms with Crippen LogP contribution < -0.4 is 11.2 Å². The smallest absolute Gasteiger partial charge is 0.333 e. The van der Waals surface area contributed by atoms with Crippen LogP contribution in [0.15, 0.2) is 38.8 Å². The highest BCUT2D eigenvalue weighted by molar-refractivity contribution is 5.81. The molecule has 0 aliphatic heterocycles. The van der Waals surface area contributed by atoms with Gasteiger partial charge in [-0.1, -0.05) is 29.8 Å². The molecule has 0 saturated carbocycles. The Morgan fingerprint density at radius 3 is 2.62 bits per heavy atom. The summed E-state index contributed by atoms with van der Waals surface area (Å²) < 4.78 is 1.95. The molecular weight excluding hydrogens is 270 g/mol. The zero-order chi connectivity index (χ0) is 15.6. The second-order valence-electron chi connectivity index (χ2n) is 4.90. The monoisotopic (exact) mass is 287 g/mol. The standard InChI is InChI=1S/C15H17N3O3/c1-10-5-4-6-11(7-10)8-16-9-12-13(19)17(2)15(21)18(3)14(12)20/h4-7,9,19H,8H2,1-3H3. The van der Waals surface area contributed by atoms with Crippen LogP contribution in [-0.2, 0) is 20.6 Å². The summed E-state index contributed by atoms with van der Waals surface area (Å²) in [5.41, 5.74) is 1.00. The van der Waals surface area contributed by atoms with Gasteiger partial charge in [-0.15, -0.1) is 0 Å². The predicted molar refractivity (Wildman–Crippen MR) is 81.1 cm³/mol. The van der Waals surface area contributed by atoms with Crippen LogP contribution in [0.1, 0.15) is 16.7 Å². The van der Waals surface area contributed by atoms with Crippen molar-refractivity contribution in [3.63, 3.8) is 0 Å². The predicted octanol–water partition coefficient (Wildman–Crippen LogP) is 0.717. The minimum atomic E-state index is -0.576. The van der Waals surface area contributed by atoms with Crippen LogP contribution in [0.25, 0.3) is 0 Å². The van der Waals surface area contributed by atoms with Crippen molar-refractivity contribution >= 4 is 6.21 Å². The largest absolute Gasteiger partial charge is 0.494 e. The van der Waals surface area contributed by atoms with Crippen LogP contribution in [0.5, 0.6) is 5.88 Å². The third kappa shape index (κ3) is 2.94. The maximum absolute atomic E-state index is 12.0. The van der Waals surface area contributed by atoms with Crippen molar-refractivity contribution in [2.24, 2.45) is 19.1 Å². The van der Waals surface area contributed by atoms with Gasteiger partial charge in [-0.25, -0.2) is 4.79 Å². The Hall–Kier alpha value is -2.63. The Labute approximate surface area is 121 Å². The molecule has 21 heavy (non-hydrogen) atoms. The van der Waals surface area contributed by atoms with Gasteiger partial charge in [0, 0.05) is 20.3 Å². The zero-order valence-corrected chi connectivity index (χ0v) is 12.2. The number of hydrogen-bond acceptors (Lipinski definition) is 4. The number of aryl methyl sites for hydroxylation is 1. The average Bonchev–Trinajstić information content (AvgIpc) is 2.47. The lowest BCUT2D eigenvalue weighted by Crippen LogP contribution is -2.38. The van der Waals surface area contributed by atoms with E-state index in [2.05, 4.69) is 4.99 Å². The number of benzene rings is 1. The maximum Gasteiger partial charge on any atom is 0.333 e. The van der Waals surface area contributed by atoms with Gasteiger partial charge in [0.2, 0.25) is 5.88 Å². The fourth-order valence-corrected chi connectivity index (χ4v) is 2.03. The summed E-state index contributed by atoms with van der Waals surface area (Å²) in [7, 11) is 2.76. The summed E-state index contributed by atoms with van der Waals surface area (Å²) in [5.74, 6) is -0.379. The lowest BCUT2D eigenvalue weighted by Gasteiger charge is -2.07. The van der Waals surface area contributed by atoms with Gasteiger partial charge in [0.15, 0.2) is 0 Å². The van der Waals surface area contributed by atoms with Crippen molar-refractivity contribution in [3.05, 3.63) is 61.8 Å². The van der Waals surface area contributed by atoms with E-state index in [-0.39, 0.29) is 11.4 Å². The van der Waals surface area contributed by atoms with Crippen LogP contribution in [0.2, 0.25) is 0 Å². The van der Waals surface area contributed by atoms with Crippen LogP contribution in [0.3, 0.4) is 0 Å². The fraction of sp³-hybridized carbons (Fsp3) is 0.267. The molecule has 1 heterocycles. The second kappa shape index (κ2) is 5.78. The second-order valence-corrected chi connectivity index (χ2v) is 4.90. The first-order chi connectivity index (χ1) is 9.91. The van der Waals surface area contributed by atoms with Gasteiger partial charge in [-0.05, 0) is 12.5 Å². The van der Waals surface area contributed by atoms with Gasteiger partial charge >= 0.3 is 5.69 Å². The molecule has 2 aromatic rings. The van der Waals surface area contributed by atoms with Crippen LogP contribution in [-0.4, -0.2) is 20.5 Å². The SMILES string of the molecule is Cc1cccc(CN=Cc2c(O)n(C)c(=O)n(C)c2=O)c1. The number of rotatable bonds is 3. The van der Waals surface area contributed by atoms with Crippen molar-refractivity contribution in [1.29, 1.82) is 0 Å². The molecule has 1 N–H and O–H groups in total. The van der Waals surface area contributed by atoms with E-state index in [1.54, 1.807) is 0 Å². The van der Waals surface area contributed by atoms with E-state index >= 15 is 0 Å². The molecule has 0 aliphatic rings. The summed E-state index contributed by atoms with van der Waals surface area (Å²) in [4.78, 5) is 27.7. The Balaban J connectivity index is 2.34. The first-order valence-corrected chi connectivity index (χ1v) is 6.46. The summed E-state index contributed by atoms with van der Waals surface area (Å²) in [6, 6.07) is 7.85. The van der Waals surface area contributed by atoms with Gasteiger partial charge in [0.1, 0.15) is 5.56 Å². The highest BCUT2D eigenvalue weighted by Crippen LogP contribution is 2.08. The first-order valence-electron chi connectivity index (χ1n) is 6.46. The molecule has 0 fully saturated rings. The highest BCUT2D eigenvalue weighted by Gasteiger charge is 2.12. The summed E-state index contributed by atoms with van der Waals surface area (Å²) in [6.07, 6.45) is 1.30. The molecule has 0 saturated heterocycles. The Morgan fingerprint density at radius 2 is 1.95 bits per heavy atom. The minimum absolute atomic E-state index is 0.00672. The number of nitrogens with zero attached hydrogens (tertiary/aromatic N) is 3. The van der Waals surface area contributed by atoms with E-state index < -0.39 is 11.2 Å². The third-order valence-electron chi connectivity index (χ3n) is 3.24. The molecule has 2 rings (SSSR count). The minimum Gasteiger partial charge on any atom is -0.494 e. The highest BCUT2D eigenvalue weighted by atomic mass is 16.3. The lowest BCUT2D eigenvalue weighted by molar-refractivity contribution is 0.410. The number of aliphatic imine (C=N–C) groups is 1. The van der Waals surface area contributed by atoms with Gasteiger partial charge < -0.3 is 5.11 Å². The maximum atomic E-state index is 12.0. The molecule has 110 valence electrons. The first kappa shape index (κ1) is 14.8. The Kier molecular flexibility index (Phi) is 4.07. The molecule has 1 aromatic carbocycles. The van der Waals surface area contributed by atoms with Crippen molar-refractivity contribution in [2.45, 2.75) is 13.5 Å². The van der Waals surface area contributed by atoms with E-state index in [1.165, 1.54) is 20.3 Å². The number of hydrogen-bond donors (Lipinski definition) is 1. The molecule has 0 atom stereocenters. The molecule has 1 aromatic heterocycles. The summed E-state index contributed by atoms with van der Waals surface area (Å²) >= 11 is 0. The molecule has 0 radical (unpaired) electrons. The quantitative estimate of drug-likeness (QED) is 0.845. The third-order valence-corrected chi connectivity index (χ3v) is 3.24. The van der Waals surface area contributed by atoms with E-state index in [0.29, 0.717) is 6.54 Å². The van der Waals surface area contributed by atoms with E-state index in [9.17, 15) is 14.7 Å². The molecule has 6 nitrogen and oxygen atoms in total. The van der Waals surface area contributed by atoms with Crippen molar-refractivity contribution in [1.82, 2.24) is 9.13 Å². The number of aromatic nitrogens is 2. The zero-order valence-electron chi connectivity index (χ0n) is 12.2. The molecular formula is C15H17N3O3. The van der Waals surface area contributed by atoms with Crippen molar-refractivity contribution < 1.29 is 5.11 Å². The lowest BCUT2D eigenvalue weighted by atomic mass is 10.1. The molecule has 0 bridgehead atoms. The van der Waals surface area contributed by atoms with Crippen molar-refractivity contribution in [3.8, 4) is 5.88 Å². The molecule has 0 unspecified atom stereocenters. The van der Waals surface area contributed by atoms with Gasteiger partial charge in [0.05, 0.1) is 6.54 Å². The number of aromatic hydroxyl groups is 1. The van der Waals surface area contributed by atoms with Gasteiger partial charge in [0.25, 0.3) is 5.56 Å². The summed E-state index contributed by atoms with van der Waals surface area (Å²) in [6.45, 7) is 2.38. The topological polar surface area (TPSA) is 76.6 Å². The van der Waals surface area contributed by atoms with Crippen LogP contribution in [0.4, 0.5) is 0 Å². The Bertz CT molecular complexity index is 816. The molecule has 6 heteroatoms. The van der Waals surface area contributed by atoms with Gasteiger partial charge in [-0.3, -0.25) is 18.9 Å². The molecule has 0 spiro atoms. The van der Waals surface area contributed by atoms with Crippen LogP contribution >= 0.6 is 0 Å². The average molecular weight is 287 g/mol. The van der Waals surface area contributed by atoms with E-state index in [4.69, 9.17) is 0 Å². The Morgan fingerprint density at radius 1 is 1.24 bits per heavy atom.